The third-order valence-corrected chi connectivity index (χ3v) is 4.55. The van der Waals surface area contributed by atoms with Crippen LogP contribution in [-0.4, -0.2) is 36.1 Å². The van der Waals surface area contributed by atoms with Gasteiger partial charge in [0.25, 0.3) is 0 Å². The molecule has 1 heterocycles. The Morgan fingerprint density at radius 3 is 2.65 bits per heavy atom. The van der Waals surface area contributed by atoms with E-state index in [1.807, 2.05) is 0 Å². The van der Waals surface area contributed by atoms with Gasteiger partial charge in [0.1, 0.15) is 5.54 Å². The van der Waals surface area contributed by atoms with Crippen molar-refractivity contribution in [3.05, 3.63) is 0 Å². The van der Waals surface area contributed by atoms with E-state index in [0.717, 1.165) is 25.3 Å². The van der Waals surface area contributed by atoms with Crippen LogP contribution in [0.2, 0.25) is 0 Å². The van der Waals surface area contributed by atoms with Crippen LogP contribution >= 0.6 is 0 Å². The van der Waals surface area contributed by atoms with Crippen LogP contribution in [-0.2, 0) is 0 Å². The average Bonchev–Trinajstić information content (AvgIpc) is 2.76. The molecule has 2 atom stereocenters. The largest absolute Gasteiger partial charge is 0.300 e. The van der Waals surface area contributed by atoms with Gasteiger partial charge in [0.15, 0.2) is 0 Å². The Labute approximate surface area is 105 Å². The van der Waals surface area contributed by atoms with Crippen molar-refractivity contribution < 1.29 is 0 Å². The molecule has 17 heavy (non-hydrogen) atoms. The zero-order chi connectivity index (χ0) is 12.3. The standard InChI is InChI=1S/C14H25N3/c1-3-16-14(11-15)7-4-13(10-14)17-8-5-12(2)6-9-17/h12-13,16H,3-10H2,1-2H3. The van der Waals surface area contributed by atoms with Gasteiger partial charge in [-0.05, 0) is 57.7 Å². The van der Waals surface area contributed by atoms with Crippen molar-refractivity contribution in [1.82, 2.24) is 10.2 Å². The maximum Gasteiger partial charge on any atom is 0.108 e. The van der Waals surface area contributed by atoms with Crippen molar-refractivity contribution in [2.75, 3.05) is 19.6 Å². The molecule has 1 saturated heterocycles. The second-order valence-electron chi connectivity index (χ2n) is 5.84. The van der Waals surface area contributed by atoms with Crippen LogP contribution in [0.25, 0.3) is 0 Å². The number of nitriles is 1. The Kier molecular flexibility index (Phi) is 4.06. The highest BCUT2D eigenvalue weighted by Gasteiger charge is 2.41. The quantitative estimate of drug-likeness (QED) is 0.814. The zero-order valence-electron chi connectivity index (χ0n) is 11.2. The van der Waals surface area contributed by atoms with Gasteiger partial charge in [0, 0.05) is 6.04 Å². The minimum Gasteiger partial charge on any atom is -0.300 e. The summed E-state index contributed by atoms with van der Waals surface area (Å²) < 4.78 is 0. The second-order valence-corrected chi connectivity index (χ2v) is 5.84. The summed E-state index contributed by atoms with van der Waals surface area (Å²) in [6.45, 7) is 7.81. The van der Waals surface area contributed by atoms with Crippen LogP contribution in [0.1, 0.15) is 46.0 Å². The smallest absolute Gasteiger partial charge is 0.108 e. The van der Waals surface area contributed by atoms with E-state index in [9.17, 15) is 5.26 Å². The summed E-state index contributed by atoms with van der Waals surface area (Å²) in [6, 6.07) is 3.16. The number of rotatable bonds is 3. The molecule has 1 aliphatic heterocycles. The summed E-state index contributed by atoms with van der Waals surface area (Å²) in [5, 5.41) is 12.8. The Morgan fingerprint density at radius 1 is 1.35 bits per heavy atom. The minimum atomic E-state index is -0.234. The summed E-state index contributed by atoms with van der Waals surface area (Å²) in [5.41, 5.74) is -0.234. The molecule has 1 aliphatic carbocycles. The van der Waals surface area contributed by atoms with Crippen LogP contribution < -0.4 is 5.32 Å². The van der Waals surface area contributed by atoms with Gasteiger partial charge in [-0.3, -0.25) is 5.32 Å². The van der Waals surface area contributed by atoms with Crippen molar-refractivity contribution >= 4 is 0 Å². The van der Waals surface area contributed by atoms with E-state index < -0.39 is 0 Å². The molecule has 0 aromatic heterocycles. The number of hydrogen-bond acceptors (Lipinski definition) is 3. The Morgan fingerprint density at radius 2 is 2.06 bits per heavy atom. The average molecular weight is 235 g/mol. The third kappa shape index (κ3) is 2.81. The van der Waals surface area contributed by atoms with Crippen LogP contribution in [0.15, 0.2) is 0 Å². The molecule has 0 aromatic carbocycles. The number of piperidine rings is 1. The Hall–Kier alpha value is -0.590. The Bertz CT molecular complexity index is 288. The van der Waals surface area contributed by atoms with Crippen molar-refractivity contribution in [2.24, 2.45) is 5.92 Å². The van der Waals surface area contributed by atoms with Crippen LogP contribution in [0.3, 0.4) is 0 Å². The van der Waals surface area contributed by atoms with Crippen molar-refractivity contribution in [1.29, 1.82) is 5.26 Å². The van der Waals surface area contributed by atoms with Gasteiger partial charge in [-0.15, -0.1) is 0 Å². The fourth-order valence-electron chi connectivity index (χ4n) is 3.36. The Balaban J connectivity index is 1.91. The predicted molar refractivity (Wildman–Crippen MR) is 69.6 cm³/mol. The van der Waals surface area contributed by atoms with Crippen molar-refractivity contribution in [2.45, 2.75) is 57.5 Å². The molecule has 1 saturated carbocycles. The SMILES string of the molecule is CCNC1(C#N)CCC(N2CCC(C)CC2)C1. The lowest BCUT2D eigenvalue weighted by atomic mass is 9.96. The molecule has 2 fully saturated rings. The van der Waals surface area contributed by atoms with E-state index in [2.05, 4.69) is 30.1 Å². The maximum atomic E-state index is 9.37. The fraction of sp³-hybridized carbons (Fsp3) is 0.929. The topological polar surface area (TPSA) is 39.1 Å². The van der Waals surface area contributed by atoms with E-state index in [0.29, 0.717) is 6.04 Å². The molecular weight excluding hydrogens is 210 g/mol. The van der Waals surface area contributed by atoms with Gasteiger partial charge in [-0.1, -0.05) is 13.8 Å². The summed E-state index contributed by atoms with van der Waals surface area (Å²) in [5.74, 6) is 0.891. The number of hydrogen-bond donors (Lipinski definition) is 1. The second kappa shape index (κ2) is 5.37. The highest BCUT2D eigenvalue weighted by atomic mass is 15.2. The van der Waals surface area contributed by atoms with Gasteiger partial charge < -0.3 is 4.90 Å². The zero-order valence-corrected chi connectivity index (χ0v) is 11.2. The van der Waals surface area contributed by atoms with Gasteiger partial charge >= 0.3 is 0 Å². The van der Waals surface area contributed by atoms with Gasteiger partial charge in [-0.2, -0.15) is 5.26 Å². The van der Waals surface area contributed by atoms with Crippen LogP contribution in [0, 0.1) is 17.2 Å². The fourth-order valence-corrected chi connectivity index (χ4v) is 3.36. The van der Waals surface area contributed by atoms with E-state index >= 15 is 0 Å². The molecule has 0 bridgehead atoms. The van der Waals surface area contributed by atoms with Gasteiger partial charge in [0.2, 0.25) is 0 Å². The lowest BCUT2D eigenvalue weighted by molar-refractivity contribution is 0.136. The summed E-state index contributed by atoms with van der Waals surface area (Å²) >= 11 is 0. The van der Waals surface area contributed by atoms with Crippen LogP contribution in [0.4, 0.5) is 0 Å². The molecule has 0 aromatic rings. The highest BCUT2D eigenvalue weighted by molar-refractivity contribution is 5.13. The molecular formula is C14H25N3. The molecule has 2 unspecified atom stereocenters. The summed E-state index contributed by atoms with van der Waals surface area (Å²) in [4.78, 5) is 2.62. The summed E-state index contributed by atoms with van der Waals surface area (Å²) in [6.07, 6.45) is 5.89. The summed E-state index contributed by atoms with van der Waals surface area (Å²) in [7, 11) is 0. The first kappa shape index (κ1) is 12.9. The maximum absolute atomic E-state index is 9.37. The van der Waals surface area contributed by atoms with E-state index in [-0.39, 0.29) is 5.54 Å². The molecule has 2 aliphatic rings. The number of nitrogens with zero attached hydrogens (tertiary/aromatic N) is 2. The highest BCUT2D eigenvalue weighted by Crippen LogP contribution is 2.34. The minimum absolute atomic E-state index is 0.234. The van der Waals surface area contributed by atoms with E-state index in [4.69, 9.17) is 0 Å². The van der Waals surface area contributed by atoms with Crippen molar-refractivity contribution in [3.8, 4) is 6.07 Å². The third-order valence-electron chi connectivity index (χ3n) is 4.55. The molecule has 96 valence electrons. The van der Waals surface area contributed by atoms with Gasteiger partial charge in [0.05, 0.1) is 6.07 Å². The lowest BCUT2D eigenvalue weighted by Crippen LogP contribution is -2.45. The molecule has 1 N–H and O–H groups in total. The van der Waals surface area contributed by atoms with E-state index in [1.54, 1.807) is 0 Å². The number of likely N-dealkylation sites (tertiary alicyclic amines) is 1. The molecule has 2 rings (SSSR count). The lowest BCUT2D eigenvalue weighted by Gasteiger charge is -2.35. The first-order valence-electron chi connectivity index (χ1n) is 7.09. The molecule has 3 nitrogen and oxygen atoms in total. The number of nitrogens with one attached hydrogen (secondary N) is 1. The molecule has 0 radical (unpaired) electrons. The molecule has 0 spiro atoms. The van der Waals surface area contributed by atoms with Crippen LogP contribution in [0.5, 0.6) is 0 Å². The molecule has 3 heteroatoms. The predicted octanol–water partition coefficient (Wildman–Crippen LogP) is 2.14. The van der Waals surface area contributed by atoms with E-state index in [1.165, 1.54) is 32.4 Å². The monoisotopic (exact) mass is 235 g/mol. The first-order valence-corrected chi connectivity index (χ1v) is 7.09. The van der Waals surface area contributed by atoms with Crippen molar-refractivity contribution in [3.63, 3.8) is 0 Å². The van der Waals surface area contributed by atoms with Gasteiger partial charge in [-0.25, -0.2) is 0 Å². The first-order chi connectivity index (χ1) is 8.19. The normalized spacial score (nSPS) is 35.9. The molecule has 0 amide bonds.